The quantitative estimate of drug-likeness (QED) is 0.759. The van der Waals surface area contributed by atoms with Crippen LogP contribution in [-0.2, 0) is 4.79 Å². The van der Waals surface area contributed by atoms with Gasteiger partial charge in [-0.3, -0.25) is 14.7 Å². The fourth-order valence-corrected chi connectivity index (χ4v) is 4.67. The van der Waals surface area contributed by atoms with E-state index in [4.69, 9.17) is 0 Å². The predicted molar refractivity (Wildman–Crippen MR) is 120 cm³/mol. The number of aromatic nitrogens is 2. The van der Waals surface area contributed by atoms with Crippen LogP contribution in [0.3, 0.4) is 0 Å². The van der Waals surface area contributed by atoms with Crippen LogP contribution in [0, 0.1) is 11.8 Å². The zero-order valence-electron chi connectivity index (χ0n) is 17.6. The molecule has 0 aliphatic carbocycles. The zero-order chi connectivity index (χ0) is 20.2. The first-order valence-corrected chi connectivity index (χ1v) is 10.8. The number of amides is 2. The molecule has 7 nitrogen and oxygen atoms in total. The molecule has 0 spiro atoms. The van der Waals surface area contributed by atoms with Crippen LogP contribution < -0.4 is 5.32 Å². The van der Waals surface area contributed by atoms with Crippen LogP contribution in [0.15, 0.2) is 24.4 Å². The van der Waals surface area contributed by atoms with Crippen molar-refractivity contribution in [3.05, 3.63) is 30.0 Å². The van der Waals surface area contributed by atoms with Crippen LogP contribution in [0.4, 0.5) is 0 Å². The van der Waals surface area contributed by atoms with Gasteiger partial charge in [0.15, 0.2) is 0 Å². The van der Waals surface area contributed by atoms with Gasteiger partial charge in [0.2, 0.25) is 5.91 Å². The summed E-state index contributed by atoms with van der Waals surface area (Å²) in [4.78, 5) is 30.0. The summed E-state index contributed by atoms with van der Waals surface area (Å²) in [5, 5.41) is 11.1. The van der Waals surface area contributed by atoms with Gasteiger partial charge in [-0.1, -0.05) is 0 Å². The molecule has 1 aromatic carbocycles. The summed E-state index contributed by atoms with van der Waals surface area (Å²) in [6.07, 6.45) is 6.86. The van der Waals surface area contributed by atoms with Gasteiger partial charge >= 0.3 is 0 Å². The highest BCUT2D eigenvalue weighted by molar-refractivity contribution is 5.98. The fraction of sp³-hybridized carbons (Fsp3) is 0.591. The van der Waals surface area contributed by atoms with Crippen molar-refractivity contribution in [2.45, 2.75) is 32.1 Å². The number of hydrogen-bond acceptors (Lipinski definition) is 4. The first-order chi connectivity index (χ1) is 14.2. The number of H-pyrrole nitrogens is 1. The third-order valence-electron chi connectivity index (χ3n) is 6.47. The molecule has 2 aliphatic rings. The van der Waals surface area contributed by atoms with Gasteiger partial charge in [-0.25, -0.2) is 0 Å². The summed E-state index contributed by atoms with van der Waals surface area (Å²) < 4.78 is 0. The van der Waals surface area contributed by atoms with Gasteiger partial charge < -0.3 is 15.1 Å². The molecule has 2 saturated heterocycles. The molecule has 8 heteroatoms. The van der Waals surface area contributed by atoms with E-state index in [2.05, 4.69) is 15.5 Å². The van der Waals surface area contributed by atoms with E-state index in [9.17, 15) is 9.59 Å². The van der Waals surface area contributed by atoms with E-state index in [0.717, 1.165) is 62.8 Å². The topological polar surface area (TPSA) is 81.3 Å². The minimum absolute atomic E-state index is 0. The maximum atomic E-state index is 13.1. The van der Waals surface area contributed by atoms with Crippen molar-refractivity contribution >= 4 is 35.1 Å². The maximum Gasteiger partial charge on any atom is 0.253 e. The van der Waals surface area contributed by atoms with Gasteiger partial charge in [-0.05, 0) is 69.8 Å². The highest BCUT2D eigenvalue weighted by Gasteiger charge is 2.33. The number of piperidine rings is 2. The number of benzene rings is 1. The smallest absolute Gasteiger partial charge is 0.253 e. The summed E-state index contributed by atoms with van der Waals surface area (Å²) in [5.41, 5.74) is 1.59. The molecule has 30 heavy (non-hydrogen) atoms. The van der Waals surface area contributed by atoms with Crippen LogP contribution in [0.1, 0.15) is 42.5 Å². The van der Waals surface area contributed by atoms with Crippen LogP contribution in [0.5, 0.6) is 0 Å². The molecule has 4 rings (SSSR count). The van der Waals surface area contributed by atoms with Gasteiger partial charge in [-0.2, -0.15) is 5.10 Å². The third kappa shape index (κ3) is 4.95. The monoisotopic (exact) mass is 433 g/mol. The summed E-state index contributed by atoms with van der Waals surface area (Å²) in [6.45, 7) is 4.01. The molecule has 2 aromatic rings. The van der Waals surface area contributed by atoms with Crippen LogP contribution in [0.2, 0.25) is 0 Å². The Morgan fingerprint density at radius 3 is 2.73 bits per heavy atom. The molecule has 1 atom stereocenters. The van der Waals surface area contributed by atoms with Crippen molar-refractivity contribution in [2.75, 3.05) is 39.8 Å². The van der Waals surface area contributed by atoms with Crippen molar-refractivity contribution in [3.63, 3.8) is 0 Å². The summed E-state index contributed by atoms with van der Waals surface area (Å²) >= 11 is 0. The molecule has 1 unspecified atom stereocenters. The van der Waals surface area contributed by atoms with E-state index in [-0.39, 0.29) is 30.1 Å². The predicted octanol–water partition coefficient (Wildman–Crippen LogP) is 2.69. The van der Waals surface area contributed by atoms with E-state index in [1.807, 2.05) is 35.0 Å². The molecule has 2 fully saturated rings. The second kappa shape index (κ2) is 10.3. The number of aromatic amines is 1. The Balaban J connectivity index is 0.00000256. The Morgan fingerprint density at radius 1 is 1.17 bits per heavy atom. The molecular formula is C22H32ClN5O2. The number of rotatable bonds is 5. The van der Waals surface area contributed by atoms with Gasteiger partial charge in [-0.15, -0.1) is 12.4 Å². The van der Waals surface area contributed by atoms with Crippen molar-refractivity contribution in [2.24, 2.45) is 11.8 Å². The molecule has 2 aliphatic heterocycles. The van der Waals surface area contributed by atoms with E-state index in [0.29, 0.717) is 18.0 Å². The van der Waals surface area contributed by atoms with E-state index in [1.54, 1.807) is 6.20 Å². The number of nitrogens with one attached hydrogen (secondary N) is 2. The molecular weight excluding hydrogens is 402 g/mol. The first-order valence-electron chi connectivity index (χ1n) is 10.8. The molecule has 2 amide bonds. The molecule has 3 heterocycles. The standard InChI is InChI=1S/C22H31N5O2.ClH/c1-23-9-6-16-7-11-26(12-8-16)22(29)18-3-2-10-27(15-18)21(28)17-4-5-20-19(13-17)14-24-25-20;/h4-5,13-14,16,18,23H,2-3,6-12,15H2,1H3,(H,24,25);1H. The minimum atomic E-state index is -0.0702. The lowest BCUT2D eigenvalue weighted by atomic mass is 9.91. The van der Waals surface area contributed by atoms with E-state index < -0.39 is 0 Å². The molecule has 1 aromatic heterocycles. The third-order valence-corrected chi connectivity index (χ3v) is 6.47. The number of fused-ring (bicyclic) bond motifs is 1. The Kier molecular flexibility index (Phi) is 7.72. The second-order valence-electron chi connectivity index (χ2n) is 8.42. The number of likely N-dealkylation sites (tertiary alicyclic amines) is 2. The first kappa shape index (κ1) is 22.6. The molecule has 0 radical (unpaired) electrons. The van der Waals surface area contributed by atoms with Crippen molar-refractivity contribution in [1.82, 2.24) is 25.3 Å². The van der Waals surface area contributed by atoms with E-state index in [1.165, 1.54) is 6.42 Å². The zero-order valence-corrected chi connectivity index (χ0v) is 18.4. The Bertz CT molecular complexity index is 862. The highest BCUT2D eigenvalue weighted by Crippen LogP contribution is 2.25. The summed E-state index contributed by atoms with van der Waals surface area (Å²) in [6, 6.07) is 5.60. The normalized spacial score (nSPS) is 20.2. The number of carbonyl (C=O) groups excluding carboxylic acids is 2. The number of carbonyl (C=O) groups is 2. The average molecular weight is 434 g/mol. The number of halogens is 1. The fourth-order valence-electron chi connectivity index (χ4n) is 4.67. The molecule has 2 N–H and O–H groups in total. The average Bonchev–Trinajstić information content (AvgIpc) is 3.25. The van der Waals surface area contributed by atoms with Crippen LogP contribution >= 0.6 is 12.4 Å². The van der Waals surface area contributed by atoms with Gasteiger partial charge in [0, 0.05) is 37.1 Å². The number of nitrogens with zero attached hydrogens (tertiary/aromatic N) is 3. The number of hydrogen-bond donors (Lipinski definition) is 2. The minimum Gasteiger partial charge on any atom is -0.342 e. The lowest BCUT2D eigenvalue weighted by Gasteiger charge is -2.38. The summed E-state index contributed by atoms with van der Waals surface area (Å²) in [7, 11) is 1.99. The van der Waals surface area contributed by atoms with Crippen LogP contribution in [-0.4, -0.2) is 71.6 Å². The van der Waals surface area contributed by atoms with Gasteiger partial charge in [0.1, 0.15) is 0 Å². The van der Waals surface area contributed by atoms with Crippen molar-refractivity contribution in [3.8, 4) is 0 Å². The SMILES string of the molecule is CNCCC1CCN(C(=O)C2CCCN(C(=O)c3ccc4[nH]ncc4c3)C2)CC1.Cl. The van der Waals surface area contributed by atoms with Crippen LogP contribution in [0.25, 0.3) is 10.9 Å². The Hall–Kier alpha value is -2.12. The Morgan fingerprint density at radius 2 is 1.97 bits per heavy atom. The lowest BCUT2D eigenvalue weighted by molar-refractivity contribution is -0.138. The Labute approximate surface area is 184 Å². The lowest BCUT2D eigenvalue weighted by Crippen LogP contribution is -2.48. The van der Waals surface area contributed by atoms with Crippen molar-refractivity contribution < 1.29 is 9.59 Å². The molecule has 164 valence electrons. The van der Waals surface area contributed by atoms with E-state index >= 15 is 0 Å². The highest BCUT2D eigenvalue weighted by atomic mass is 35.5. The second-order valence-corrected chi connectivity index (χ2v) is 8.42. The maximum absolute atomic E-state index is 13.1. The summed E-state index contributed by atoms with van der Waals surface area (Å²) in [5.74, 6) is 0.893. The molecule has 0 bridgehead atoms. The van der Waals surface area contributed by atoms with Crippen molar-refractivity contribution in [1.29, 1.82) is 0 Å². The largest absolute Gasteiger partial charge is 0.342 e. The van der Waals surface area contributed by atoms with Gasteiger partial charge in [0.25, 0.3) is 5.91 Å². The van der Waals surface area contributed by atoms with Gasteiger partial charge in [0.05, 0.1) is 17.6 Å². The molecule has 0 saturated carbocycles.